The second-order valence-electron chi connectivity index (χ2n) is 9.83. The van der Waals surface area contributed by atoms with E-state index in [0.717, 1.165) is 0 Å². The third-order valence-electron chi connectivity index (χ3n) is 6.55. The molecule has 1 saturated heterocycles. The van der Waals surface area contributed by atoms with E-state index in [1.807, 2.05) is 0 Å². The van der Waals surface area contributed by atoms with E-state index in [-0.39, 0.29) is 53.3 Å². The molecule has 11 heteroatoms. The summed E-state index contributed by atoms with van der Waals surface area (Å²) in [5.41, 5.74) is -0.252. The monoisotopic (exact) mass is 526 g/mol. The molecule has 2 aromatic heterocycles. The molecule has 3 heterocycles. The van der Waals surface area contributed by atoms with Crippen LogP contribution in [0, 0.1) is 11.6 Å². The highest BCUT2D eigenvalue weighted by Crippen LogP contribution is 2.31. The SMILES string of the molecule is CC(=O)N1CC(NC(=O)c2ccc(F)c(-c3ccc(NC[C@](C)(C[C@H](C)F)c4ncccc4F)nn3)c2)C1. The molecular weight excluding hydrogens is 497 g/mol. The number of anilines is 1. The van der Waals surface area contributed by atoms with Gasteiger partial charge in [0.2, 0.25) is 5.91 Å². The number of rotatable bonds is 9. The van der Waals surface area contributed by atoms with Crippen molar-refractivity contribution < 1.29 is 22.8 Å². The number of alkyl halides is 1. The number of hydrogen-bond acceptors (Lipinski definition) is 6. The second-order valence-corrected chi connectivity index (χ2v) is 9.83. The molecule has 2 N–H and O–H groups in total. The van der Waals surface area contributed by atoms with Gasteiger partial charge in [-0.3, -0.25) is 14.6 Å². The van der Waals surface area contributed by atoms with Gasteiger partial charge in [0.05, 0.1) is 23.6 Å². The van der Waals surface area contributed by atoms with Crippen LogP contribution in [0.1, 0.15) is 43.2 Å². The average Bonchev–Trinajstić information content (AvgIpc) is 2.85. The van der Waals surface area contributed by atoms with Crippen molar-refractivity contribution in [1.29, 1.82) is 0 Å². The minimum Gasteiger partial charge on any atom is -0.368 e. The van der Waals surface area contributed by atoms with E-state index in [4.69, 9.17) is 0 Å². The predicted molar refractivity (Wildman–Crippen MR) is 136 cm³/mol. The maximum Gasteiger partial charge on any atom is 0.251 e. The summed E-state index contributed by atoms with van der Waals surface area (Å²) < 4.78 is 43.0. The molecule has 0 radical (unpaired) electrons. The number of benzene rings is 1. The number of hydrogen-bond donors (Lipinski definition) is 2. The summed E-state index contributed by atoms with van der Waals surface area (Å²) in [6.45, 7) is 5.60. The van der Waals surface area contributed by atoms with Crippen LogP contribution < -0.4 is 10.6 Å². The Balaban J connectivity index is 1.45. The van der Waals surface area contributed by atoms with Gasteiger partial charge < -0.3 is 15.5 Å². The number of halogens is 3. The molecule has 3 aromatic rings. The number of amides is 2. The van der Waals surface area contributed by atoms with Gasteiger partial charge in [-0.05, 0) is 55.8 Å². The van der Waals surface area contributed by atoms with Gasteiger partial charge >= 0.3 is 0 Å². The Morgan fingerprint density at radius 1 is 1.13 bits per heavy atom. The minimum atomic E-state index is -1.19. The summed E-state index contributed by atoms with van der Waals surface area (Å²) in [5, 5.41) is 14.1. The van der Waals surface area contributed by atoms with Crippen molar-refractivity contribution in [3.63, 3.8) is 0 Å². The van der Waals surface area contributed by atoms with Crippen LogP contribution in [0.5, 0.6) is 0 Å². The van der Waals surface area contributed by atoms with Crippen LogP contribution in [0.25, 0.3) is 11.3 Å². The highest BCUT2D eigenvalue weighted by molar-refractivity contribution is 5.95. The number of nitrogens with one attached hydrogen (secondary N) is 2. The molecule has 0 unspecified atom stereocenters. The van der Waals surface area contributed by atoms with E-state index in [0.29, 0.717) is 18.9 Å². The molecule has 4 rings (SSSR count). The normalized spacial score (nSPS) is 15.8. The number of carbonyl (C=O) groups is 2. The maximum absolute atomic E-state index is 14.6. The van der Waals surface area contributed by atoms with Gasteiger partial charge in [-0.1, -0.05) is 6.92 Å². The zero-order valence-electron chi connectivity index (χ0n) is 21.3. The van der Waals surface area contributed by atoms with Gasteiger partial charge in [-0.2, -0.15) is 0 Å². The molecule has 2 atom stereocenters. The molecule has 0 spiro atoms. The van der Waals surface area contributed by atoms with Crippen LogP contribution >= 0.6 is 0 Å². The van der Waals surface area contributed by atoms with Crippen molar-refractivity contribution in [2.75, 3.05) is 25.0 Å². The van der Waals surface area contributed by atoms with Gasteiger partial charge in [0.15, 0.2) is 0 Å². The number of carbonyl (C=O) groups excluding carboxylic acids is 2. The topological polar surface area (TPSA) is 100 Å². The summed E-state index contributed by atoms with van der Waals surface area (Å²) in [6, 6.07) is 9.68. The zero-order chi connectivity index (χ0) is 27.4. The van der Waals surface area contributed by atoms with Crippen molar-refractivity contribution in [2.45, 2.75) is 44.8 Å². The average molecular weight is 527 g/mol. The highest BCUT2D eigenvalue weighted by Gasteiger charge is 2.33. The lowest BCUT2D eigenvalue weighted by Gasteiger charge is -2.38. The summed E-state index contributed by atoms with van der Waals surface area (Å²) in [5.74, 6) is -1.20. The first kappa shape index (κ1) is 27.0. The Kier molecular flexibility index (Phi) is 7.94. The molecule has 1 aromatic carbocycles. The lowest BCUT2D eigenvalue weighted by molar-refractivity contribution is -0.133. The van der Waals surface area contributed by atoms with Crippen molar-refractivity contribution in [2.24, 2.45) is 0 Å². The number of likely N-dealkylation sites (tertiary alicyclic amines) is 1. The Morgan fingerprint density at radius 2 is 1.89 bits per heavy atom. The summed E-state index contributed by atoms with van der Waals surface area (Å²) in [6.07, 6.45) is 0.304. The van der Waals surface area contributed by atoms with Crippen molar-refractivity contribution in [3.8, 4) is 11.3 Å². The third-order valence-corrected chi connectivity index (χ3v) is 6.55. The van der Waals surface area contributed by atoms with Crippen LogP contribution in [0.3, 0.4) is 0 Å². The van der Waals surface area contributed by atoms with Gasteiger partial charge in [0, 0.05) is 49.3 Å². The molecule has 38 heavy (non-hydrogen) atoms. The van der Waals surface area contributed by atoms with E-state index in [2.05, 4.69) is 25.8 Å². The second kappa shape index (κ2) is 11.2. The molecule has 1 aliphatic heterocycles. The fraction of sp³-hybridized carbons (Fsp3) is 0.370. The van der Waals surface area contributed by atoms with E-state index in [1.165, 1.54) is 50.4 Å². The van der Waals surface area contributed by atoms with Gasteiger partial charge in [-0.25, -0.2) is 13.2 Å². The van der Waals surface area contributed by atoms with Gasteiger partial charge in [-0.15, -0.1) is 10.2 Å². The van der Waals surface area contributed by atoms with Crippen LogP contribution in [-0.2, 0) is 10.2 Å². The molecule has 0 aliphatic carbocycles. The molecule has 1 aliphatic rings. The summed E-state index contributed by atoms with van der Waals surface area (Å²) >= 11 is 0. The quantitative estimate of drug-likeness (QED) is 0.439. The number of pyridine rings is 1. The fourth-order valence-electron chi connectivity index (χ4n) is 4.52. The molecule has 0 bridgehead atoms. The van der Waals surface area contributed by atoms with Crippen molar-refractivity contribution >= 4 is 17.6 Å². The molecule has 200 valence electrons. The Morgan fingerprint density at radius 3 is 2.53 bits per heavy atom. The Hall–Kier alpha value is -4.02. The number of nitrogens with zero attached hydrogens (tertiary/aromatic N) is 4. The third kappa shape index (κ3) is 6.09. The number of aromatic nitrogens is 3. The zero-order valence-corrected chi connectivity index (χ0v) is 21.3. The van der Waals surface area contributed by atoms with E-state index in [1.54, 1.807) is 24.0 Å². The maximum atomic E-state index is 14.6. The lowest BCUT2D eigenvalue weighted by atomic mass is 9.81. The molecule has 8 nitrogen and oxygen atoms in total. The predicted octanol–water partition coefficient (Wildman–Crippen LogP) is 3.90. The smallest absolute Gasteiger partial charge is 0.251 e. The first-order valence-corrected chi connectivity index (χ1v) is 12.2. The summed E-state index contributed by atoms with van der Waals surface area (Å²) in [7, 11) is 0. The molecule has 1 fully saturated rings. The van der Waals surface area contributed by atoms with Crippen LogP contribution in [0.15, 0.2) is 48.7 Å². The molecular formula is C27H29F3N6O2. The van der Waals surface area contributed by atoms with E-state index in [9.17, 15) is 22.8 Å². The van der Waals surface area contributed by atoms with Gasteiger partial charge in [0.1, 0.15) is 17.5 Å². The van der Waals surface area contributed by atoms with Crippen LogP contribution in [-0.4, -0.2) is 63.7 Å². The van der Waals surface area contributed by atoms with Gasteiger partial charge in [0.25, 0.3) is 5.91 Å². The Labute approximate surface area is 218 Å². The highest BCUT2D eigenvalue weighted by atomic mass is 19.1. The lowest BCUT2D eigenvalue weighted by Crippen LogP contribution is -2.60. The molecule has 2 amide bonds. The van der Waals surface area contributed by atoms with E-state index >= 15 is 0 Å². The molecule has 0 saturated carbocycles. The summed E-state index contributed by atoms with van der Waals surface area (Å²) in [4.78, 5) is 29.7. The Bertz CT molecular complexity index is 1310. The largest absolute Gasteiger partial charge is 0.368 e. The van der Waals surface area contributed by atoms with Crippen LogP contribution in [0.2, 0.25) is 0 Å². The van der Waals surface area contributed by atoms with E-state index < -0.39 is 23.2 Å². The fourth-order valence-corrected chi connectivity index (χ4v) is 4.52. The van der Waals surface area contributed by atoms with Crippen molar-refractivity contribution in [1.82, 2.24) is 25.4 Å². The van der Waals surface area contributed by atoms with Crippen molar-refractivity contribution in [3.05, 3.63) is 71.6 Å². The first-order chi connectivity index (χ1) is 18.1. The minimum absolute atomic E-state index is 0.0349. The first-order valence-electron chi connectivity index (χ1n) is 12.2. The van der Waals surface area contributed by atoms with Crippen LogP contribution in [0.4, 0.5) is 19.0 Å². The standard InChI is InChI=1S/C27H29F3N6O2/c1-16(28)12-27(3,25-22(30)5-4-10-31-25)15-32-24-9-8-23(34-35-24)20-11-18(6-7-21(20)29)26(38)33-19-13-36(14-19)17(2)37/h4-11,16,19H,12-15H2,1-3H3,(H,32,35)(H,33,38)/t16-,27-/m0/s1.